The van der Waals surface area contributed by atoms with Gasteiger partial charge in [0, 0.05) is 30.3 Å². The molecular weight excluding hydrogens is 417 g/mol. The average Bonchev–Trinajstić information content (AvgIpc) is 2.72. The highest BCUT2D eigenvalue weighted by Gasteiger charge is 2.27. The van der Waals surface area contributed by atoms with Crippen LogP contribution in [0.2, 0.25) is 0 Å². The van der Waals surface area contributed by atoms with Crippen LogP contribution in [0.5, 0.6) is 0 Å². The third-order valence-corrected chi connectivity index (χ3v) is 6.05. The van der Waals surface area contributed by atoms with Crippen molar-refractivity contribution in [2.24, 2.45) is 0 Å². The van der Waals surface area contributed by atoms with E-state index in [1.807, 2.05) is 12.1 Å². The number of halogens is 1. The maximum Gasteiger partial charge on any atom is 0.273 e. The fourth-order valence-electron chi connectivity index (χ4n) is 3.86. The SMILES string of the molecule is Cc1ccccc1[C@@H]1CCCCN1c1cnc(C(=O)N[C@H](C)/C=C/S(C)(=O)=O)c(F)c1. The minimum atomic E-state index is -3.30. The largest absolute Gasteiger partial charge is 0.363 e. The Morgan fingerprint density at radius 3 is 2.74 bits per heavy atom. The second-order valence-electron chi connectivity index (χ2n) is 8.01. The van der Waals surface area contributed by atoms with Crippen LogP contribution in [0, 0.1) is 12.7 Å². The average molecular weight is 446 g/mol. The minimum Gasteiger partial charge on any atom is -0.363 e. The van der Waals surface area contributed by atoms with E-state index in [2.05, 4.69) is 34.3 Å². The fraction of sp³-hybridized carbons (Fsp3) is 0.391. The van der Waals surface area contributed by atoms with Crippen molar-refractivity contribution >= 4 is 21.4 Å². The third-order valence-electron chi connectivity index (χ3n) is 5.40. The molecular formula is C23H28FN3O3S. The van der Waals surface area contributed by atoms with E-state index in [-0.39, 0.29) is 11.7 Å². The Bertz CT molecular complexity index is 1090. The Labute approximate surface area is 183 Å². The van der Waals surface area contributed by atoms with Crippen LogP contribution in [0.4, 0.5) is 10.1 Å². The number of nitrogens with one attached hydrogen (secondary N) is 1. The van der Waals surface area contributed by atoms with Crippen LogP contribution in [0.1, 0.15) is 53.8 Å². The summed E-state index contributed by atoms with van der Waals surface area (Å²) in [6, 6.07) is 9.11. The van der Waals surface area contributed by atoms with Gasteiger partial charge < -0.3 is 10.2 Å². The summed E-state index contributed by atoms with van der Waals surface area (Å²) in [5.74, 6) is -1.40. The van der Waals surface area contributed by atoms with Crippen molar-refractivity contribution in [3.05, 3.63) is 70.7 Å². The maximum atomic E-state index is 14.8. The van der Waals surface area contributed by atoms with Crippen LogP contribution < -0.4 is 10.2 Å². The summed E-state index contributed by atoms with van der Waals surface area (Å²) in [4.78, 5) is 18.7. The van der Waals surface area contributed by atoms with Gasteiger partial charge in [-0.1, -0.05) is 30.3 Å². The number of benzene rings is 1. The van der Waals surface area contributed by atoms with Crippen LogP contribution in [-0.2, 0) is 9.84 Å². The molecule has 1 amide bonds. The Hall–Kier alpha value is -2.74. The van der Waals surface area contributed by atoms with Gasteiger partial charge in [-0.3, -0.25) is 4.79 Å². The lowest BCUT2D eigenvalue weighted by Crippen LogP contribution is -2.35. The molecule has 166 valence electrons. The van der Waals surface area contributed by atoms with Crippen LogP contribution in [0.15, 0.2) is 48.0 Å². The molecule has 0 unspecified atom stereocenters. The summed E-state index contributed by atoms with van der Waals surface area (Å²) in [5.41, 5.74) is 2.75. The van der Waals surface area contributed by atoms with Crippen molar-refractivity contribution < 1.29 is 17.6 Å². The molecule has 0 aliphatic carbocycles. The second-order valence-corrected chi connectivity index (χ2v) is 9.94. The number of nitrogens with zero attached hydrogens (tertiary/aromatic N) is 2. The van der Waals surface area contributed by atoms with E-state index in [1.54, 1.807) is 6.92 Å². The van der Waals surface area contributed by atoms with Crippen LogP contribution in [0.3, 0.4) is 0 Å². The summed E-state index contributed by atoms with van der Waals surface area (Å²) < 4.78 is 37.2. The fourth-order valence-corrected chi connectivity index (χ4v) is 4.38. The molecule has 0 saturated carbocycles. The molecule has 0 spiro atoms. The molecule has 1 fully saturated rings. The van der Waals surface area contributed by atoms with Gasteiger partial charge in [0.1, 0.15) is 0 Å². The van der Waals surface area contributed by atoms with Gasteiger partial charge in [-0.15, -0.1) is 0 Å². The van der Waals surface area contributed by atoms with Gasteiger partial charge in [0.2, 0.25) is 0 Å². The smallest absolute Gasteiger partial charge is 0.273 e. The Morgan fingerprint density at radius 2 is 2.06 bits per heavy atom. The molecule has 2 aromatic rings. The second kappa shape index (κ2) is 9.60. The molecule has 0 radical (unpaired) electrons. The first-order valence-electron chi connectivity index (χ1n) is 10.3. The van der Waals surface area contributed by atoms with Crippen molar-refractivity contribution in [3.8, 4) is 0 Å². The van der Waals surface area contributed by atoms with Gasteiger partial charge in [-0.2, -0.15) is 0 Å². The zero-order valence-electron chi connectivity index (χ0n) is 18.0. The number of hydrogen-bond acceptors (Lipinski definition) is 5. The lowest BCUT2D eigenvalue weighted by molar-refractivity contribution is 0.0937. The molecule has 1 saturated heterocycles. The molecule has 31 heavy (non-hydrogen) atoms. The standard InChI is InChI=1S/C23H28FN3O3S/c1-16-8-4-5-9-19(16)21-10-6-7-12-27(21)18-14-20(24)22(25-15-18)23(28)26-17(2)11-13-31(3,29)30/h4-5,8-9,11,13-15,17,21H,6-7,10,12H2,1-3H3,(H,26,28)/b13-11+/t17-,21+/m1/s1. The normalized spacial score (nSPS) is 18.2. The number of amides is 1. The highest BCUT2D eigenvalue weighted by Crippen LogP contribution is 2.36. The molecule has 1 aliphatic heterocycles. The van der Waals surface area contributed by atoms with Gasteiger partial charge in [-0.25, -0.2) is 17.8 Å². The van der Waals surface area contributed by atoms with Crippen LogP contribution in [-0.4, -0.2) is 38.2 Å². The number of carbonyl (C=O) groups is 1. The number of aromatic nitrogens is 1. The highest BCUT2D eigenvalue weighted by molar-refractivity contribution is 7.93. The van der Waals surface area contributed by atoms with Gasteiger partial charge in [0.15, 0.2) is 21.3 Å². The van der Waals surface area contributed by atoms with Crippen molar-refractivity contribution in [2.45, 2.75) is 45.2 Å². The third kappa shape index (κ3) is 5.91. The minimum absolute atomic E-state index is 0.136. The molecule has 3 rings (SSSR count). The first-order chi connectivity index (χ1) is 14.7. The molecule has 8 heteroatoms. The Kier molecular flexibility index (Phi) is 7.10. The van der Waals surface area contributed by atoms with E-state index in [0.717, 1.165) is 37.5 Å². The van der Waals surface area contributed by atoms with Gasteiger partial charge >= 0.3 is 0 Å². The Balaban J connectivity index is 1.80. The molecule has 1 aromatic heterocycles. The van der Waals surface area contributed by atoms with Gasteiger partial charge in [0.25, 0.3) is 5.91 Å². The van der Waals surface area contributed by atoms with Crippen LogP contribution in [0.25, 0.3) is 0 Å². The van der Waals surface area contributed by atoms with Crippen molar-refractivity contribution in [2.75, 3.05) is 17.7 Å². The number of hydrogen-bond donors (Lipinski definition) is 1. The lowest BCUT2D eigenvalue weighted by atomic mass is 9.92. The number of carbonyl (C=O) groups excluding carboxylic acids is 1. The monoisotopic (exact) mass is 445 g/mol. The molecule has 2 heterocycles. The summed E-state index contributed by atoms with van der Waals surface area (Å²) >= 11 is 0. The maximum absolute atomic E-state index is 14.8. The number of pyridine rings is 1. The molecule has 1 aliphatic rings. The van der Waals surface area contributed by atoms with Crippen molar-refractivity contribution in [3.63, 3.8) is 0 Å². The van der Waals surface area contributed by atoms with Crippen molar-refractivity contribution in [1.82, 2.24) is 10.3 Å². The summed E-state index contributed by atoms with van der Waals surface area (Å²) in [6.07, 6.45) is 7.01. The van der Waals surface area contributed by atoms with E-state index in [9.17, 15) is 17.6 Å². The van der Waals surface area contributed by atoms with Crippen molar-refractivity contribution in [1.29, 1.82) is 0 Å². The summed E-state index contributed by atoms with van der Waals surface area (Å²) in [7, 11) is -3.30. The van der Waals surface area contributed by atoms with Crippen LogP contribution >= 0.6 is 0 Å². The van der Waals surface area contributed by atoms with E-state index >= 15 is 0 Å². The lowest BCUT2D eigenvalue weighted by Gasteiger charge is -2.38. The topological polar surface area (TPSA) is 79.4 Å². The van der Waals surface area contributed by atoms with E-state index < -0.39 is 27.6 Å². The molecule has 6 nitrogen and oxygen atoms in total. The Morgan fingerprint density at radius 1 is 1.32 bits per heavy atom. The predicted octanol–water partition coefficient (Wildman–Crippen LogP) is 3.94. The summed E-state index contributed by atoms with van der Waals surface area (Å²) in [5, 5.41) is 3.55. The zero-order chi connectivity index (χ0) is 22.6. The van der Waals surface area contributed by atoms with Gasteiger partial charge in [0.05, 0.1) is 17.9 Å². The molecule has 0 bridgehead atoms. The van der Waals surface area contributed by atoms with E-state index in [0.29, 0.717) is 5.69 Å². The number of rotatable bonds is 6. The zero-order valence-corrected chi connectivity index (χ0v) is 18.8. The number of aryl methyl sites for hydroxylation is 1. The highest BCUT2D eigenvalue weighted by atomic mass is 32.2. The molecule has 1 aromatic carbocycles. The summed E-state index contributed by atoms with van der Waals surface area (Å²) in [6.45, 7) is 4.47. The van der Waals surface area contributed by atoms with E-state index in [4.69, 9.17) is 0 Å². The molecule has 1 N–H and O–H groups in total. The quantitative estimate of drug-likeness (QED) is 0.729. The first kappa shape index (κ1) is 22.9. The number of piperidine rings is 1. The van der Waals surface area contributed by atoms with Gasteiger partial charge in [-0.05, 0) is 44.2 Å². The number of sulfone groups is 1. The van der Waals surface area contributed by atoms with E-state index in [1.165, 1.54) is 29.5 Å². The molecule has 2 atom stereocenters. The number of anilines is 1. The predicted molar refractivity (Wildman–Crippen MR) is 120 cm³/mol. The first-order valence-corrected chi connectivity index (χ1v) is 12.3.